The van der Waals surface area contributed by atoms with Gasteiger partial charge in [-0.2, -0.15) is 0 Å². The van der Waals surface area contributed by atoms with Gasteiger partial charge < -0.3 is 5.11 Å². The van der Waals surface area contributed by atoms with E-state index in [1.54, 1.807) is 18.2 Å². The van der Waals surface area contributed by atoms with Crippen molar-refractivity contribution >= 4 is 15.9 Å². The maximum Gasteiger partial charge on any atom is 0.331 e. The van der Waals surface area contributed by atoms with E-state index in [0.717, 1.165) is 12.8 Å². The molecule has 0 amide bonds. The highest BCUT2D eigenvalue weighted by Gasteiger charge is 2.25. The minimum Gasteiger partial charge on any atom is -0.494 e. The predicted octanol–water partition coefficient (Wildman–Crippen LogP) is 2.08. The molecule has 1 aliphatic rings. The maximum atomic E-state index is 12.0. The van der Waals surface area contributed by atoms with Crippen molar-refractivity contribution < 1.29 is 5.11 Å². The quantitative estimate of drug-likeness (QED) is 0.901. The van der Waals surface area contributed by atoms with Gasteiger partial charge in [0.15, 0.2) is 0 Å². The Morgan fingerprint density at radius 2 is 2.00 bits per heavy atom. The molecule has 0 radical (unpaired) electrons. The normalized spacial score (nSPS) is 14.4. The first-order valence-electron chi connectivity index (χ1n) is 6.39. The fourth-order valence-electron chi connectivity index (χ4n) is 2.19. The monoisotopic (exact) mass is 336 g/mol. The molecule has 1 aromatic carbocycles. The van der Waals surface area contributed by atoms with Crippen molar-refractivity contribution in [2.24, 2.45) is 5.92 Å². The summed E-state index contributed by atoms with van der Waals surface area (Å²) in [5.41, 5.74) is -0.449. The number of nitrogens with one attached hydrogen (secondary N) is 1. The minimum atomic E-state index is -0.577. The van der Waals surface area contributed by atoms with Gasteiger partial charge in [-0.3, -0.25) is 14.3 Å². The summed E-state index contributed by atoms with van der Waals surface area (Å²) in [7, 11) is 0. The SMILES string of the molecule is O=c1[nH]c(=O)n(CC2CC2)c(O)c1-c1ccccc1Br. The molecule has 20 heavy (non-hydrogen) atoms. The summed E-state index contributed by atoms with van der Waals surface area (Å²) in [4.78, 5) is 26.1. The van der Waals surface area contributed by atoms with E-state index in [9.17, 15) is 14.7 Å². The lowest BCUT2D eigenvalue weighted by molar-refractivity contribution is 0.395. The van der Waals surface area contributed by atoms with E-state index in [2.05, 4.69) is 20.9 Å². The van der Waals surface area contributed by atoms with Crippen LogP contribution in [-0.4, -0.2) is 14.7 Å². The van der Waals surface area contributed by atoms with E-state index in [1.807, 2.05) is 6.07 Å². The second-order valence-corrected chi connectivity index (χ2v) is 5.85. The zero-order valence-electron chi connectivity index (χ0n) is 10.6. The number of hydrogen-bond donors (Lipinski definition) is 2. The molecule has 2 aromatic rings. The lowest BCUT2D eigenvalue weighted by Gasteiger charge is -2.11. The van der Waals surface area contributed by atoms with Gasteiger partial charge >= 0.3 is 5.69 Å². The molecule has 1 fully saturated rings. The molecule has 0 bridgehead atoms. The van der Waals surface area contributed by atoms with Crippen LogP contribution in [-0.2, 0) is 6.54 Å². The molecule has 6 heteroatoms. The largest absolute Gasteiger partial charge is 0.494 e. The van der Waals surface area contributed by atoms with Crippen molar-refractivity contribution in [1.82, 2.24) is 9.55 Å². The average molecular weight is 337 g/mol. The van der Waals surface area contributed by atoms with Crippen LogP contribution in [0.5, 0.6) is 5.88 Å². The van der Waals surface area contributed by atoms with Gasteiger partial charge in [-0.15, -0.1) is 0 Å². The summed E-state index contributed by atoms with van der Waals surface area (Å²) in [6.45, 7) is 0.443. The van der Waals surface area contributed by atoms with Gasteiger partial charge in [0.25, 0.3) is 5.56 Å². The van der Waals surface area contributed by atoms with E-state index in [-0.39, 0.29) is 11.4 Å². The Hall–Kier alpha value is -1.82. The van der Waals surface area contributed by atoms with Crippen LogP contribution >= 0.6 is 15.9 Å². The fourth-order valence-corrected chi connectivity index (χ4v) is 2.68. The van der Waals surface area contributed by atoms with Gasteiger partial charge in [0.05, 0.1) is 0 Å². The van der Waals surface area contributed by atoms with Crippen LogP contribution in [0.1, 0.15) is 12.8 Å². The molecule has 0 unspecified atom stereocenters. The predicted molar refractivity (Wildman–Crippen MR) is 78.8 cm³/mol. The van der Waals surface area contributed by atoms with Crippen LogP contribution in [0, 0.1) is 5.92 Å². The number of halogens is 1. The van der Waals surface area contributed by atoms with Crippen LogP contribution in [0.2, 0.25) is 0 Å². The van der Waals surface area contributed by atoms with Crippen molar-refractivity contribution in [2.75, 3.05) is 0 Å². The number of aromatic amines is 1. The molecular weight excluding hydrogens is 324 g/mol. The Kier molecular flexibility index (Phi) is 3.25. The van der Waals surface area contributed by atoms with Crippen molar-refractivity contribution in [1.29, 1.82) is 0 Å². The Morgan fingerprint density at radius 1 is 1.30 bits per heavy atom. The standard InChI is InChI=1S/C14H13BrN2O3/c15-10-4-2-1-3-9(10)11-12(18)16-14(20)17(13(11)19)7-8-5-6-8/h1-4,8,19H,5-7H2,(H,16,18,20). The third-order valence-corrected chi connectivity index (χ3v) is 4.14. The zero-order valence-corrected chi connectivity index (χ0v) is 12.2. The van der Waals surface area contributed by atoms with Crippen LogP contribution in [0.15, 0.2) is 38.3 Å². The van der Waals surface area contributed by atoms with Crippen molar-refractivity contribution in [3.8, 4) is 17.0 Å². The minimum absolute atomic E-state index is 0.123. The molecule has 0 saturated heterocycles. The van der Waals surface area contributed by atoms with Gasteiger partial charge in [-0.25, -0.2) is 4.79 Å². The van der Waals surface area contributed by atoms with E-state index >= 15 is 0 Å². The second kappa shape index (κ2) is 4.94. The second-order valence-electron chi connectivity index (χ2n) is 4.99. The molecule has 0 spiro atoms. The average Bonchev–Trinajstić information content (AvgIpc) is 3.20. The third kappa shape index (κ3) is 2.31. The number of hydrogen-bond acceptors (Lipinski definition) is 3. The van der Waals surface area contributed by atoms with Crippen molar-refractivity contribution in [3.63, 3.8) is 0 Å². The van der Waals surface area contributed by atoms with E-state index in [0.29, 0.717) is 22.5 Å². The van der Waals surface area contributed by atoms with Crippen LogP contribution < -0.4 is 11.2 Å². The summed E-state index contributed by atoms with van der Waals surface area (Å²) in [5.74, 6) is 0.147. The fraction of sp³-hybridized carbons (Fsp3) is 0.286. The van der Waals surface area contributed by atoms with Crippen LogP contribution in [0.4, 0.5) is 0 Å². The molecule has 1 heterocycles. The summed E-state index contributed by atoms with van der Waals surface area (Å²) < 4.78 is 1.94. The molecule has 1 aliphatic carbocycles. The molecule has 0 atom stereocenters. The number of H-pyrrole nitrogens is 1. The highest BCUT2D eigenvalue weighted by atomic mass is 79.9. The summed E-state index contributed by atoms with van der Waals surface area (Å²) in [5, 5.41) is 10.3. The van der Waals surface area contributed by atoms with Crippen molar-refractivity contribution in [2.45, 2.75) is 19.4 Å². The van der Waals surface area contributed by atoms with E-state index < -0.39 is 11.2 Å². The lowest BCUT2D eigenvalue weighted by Crippen LogP contribution is -2.31. The topological polar surface area (TPSA) is 75.1 Å². The highest BCUT2D eigenvalue weighted by Crippen LogP contribution is 2.34. The summed E-state index contributed by atoms with van der Waals surface area (Å²) >= 11 is 3.36. The van der Waals surface area contributed by atoms with E-state index in [4.69, 9.17) is 0 Å². The Labute approximate surface area is 123 Å². The molecule has 1 aromatic heterocycles. The number of rotatable bonds is 3. The number of aromatic hydroxyl groups is 1. The first-order chi connectivity index (χ1) is 9.58. The molecule has 3 rings (SSSR count). The first kappa shape index (κ1) is 13.2. The molecule has 2 N–H and O–H groups in total. The van der Waals surface area contributed by atoms with Crippen molar-refractivity contribution in [3.05, 3.63) is 49.6 Å². The molecule has 1 saturated carbocycles. The molecular formula is C14H13BrN2O3. The number of benzene rings is 1. The van der Waals surface area contributed by atoms with Crippen LogP contribution in [0.3, 0.4) is 0 Å². The number of aromatic nitrogens is 2. The van der Waals surface area contributed by atoms with Gasteiger partial charge in [0, 0.05) is 16.6 Å². The Balaban J connectivity index is 2.22. The van der Waals surface area contributed by atoms with Gasteiger partial charge in [-0.1, -0.05) is 34.1 Å². The Morgan fingerprint density at radius 3 is 2.65 bits per heavy atom. The Bertz CT molecular complexity index is 775. The molecule has 5 nitrogen and oxygen atoms in total. The van der Waals surface area contributed by atoms with E-state index in [1.165, 1.54) is 4.57 Å². The summed E-state index contributed by atoms with van der Waals surface area (Å²) in [6, 6.07) is 7.10. The highest BCUT2D eigenvalue weighted by molar-refractivity contribution is 9.10. The molecule has 104 valence electrons. The summed E-state index contributed by atoms with van der Waals surface area (Å²) in [6.07, 6.45) is 2.10. The smallest absolute Gasteiger partial charge is 0.331 e. The van der Waals surface area contributed by atoms with Gasteiger partial charge in [0.2, 0.25) is 5.88 Å². The third-order valence-electron chi connectivity index (χ3n) is 3.45. The lowest BCUT2D eigenvalue weighted by atomic mass is 10.1. The van der Waals surface area contributed by atoms with Crippen LogP contribution in [0.25, 0.3) is 11.1 Å². The number of nitrogens with zero attached hydrogens (tertiary/aromatic N) is 1. The van der Waals surface area contributed by atoms with Gasteiger partial charge in [-0.05, 0) is 24.8 Å². The molecule has 0 aliphatic heterocycles. The zero-order chi connectivity index (χ0) is 14.3. The van der Waals surface area contributed by atoms with Gasteiger partial charge in [0.1, 0.15) is 5.56 Å². The maximum absolute atomic E-state index is 12.0. The first-order valence-corrected chi connectivity index (χ1v) is 7.18.